The van der Waals surface area contributed by atoms with E-state index in [1.807, 2.05) is 0 Å². The molecule has 0 amide bonds. The lowest BCUT2D eigenvalue weighted by molar-refractivity contribution is 0.0697. The van der Waals surface area contributed by atoms with E-state index < -0.39 is 5.97 Å². The summed E-state index contributed by atoms with van der Waals surface area (Å²) in [6, 6.07) is 7.13. The minimum atomic E-state index is -0.918. The molecule has 1 heterocycles. The van der Waals surface area contributed by atoms with Crippen LogP contribution in [0.25, 0.3) is 0 Å². The van der Waals surface area contributed by atoms with Gasteiger partial charge in [0.15, 0.2) is 0 Å². The van der Waals surface area contributed by atoms with Crippen molar-refractivity contribution >= 4 is 5.97 Å². The number of carboxylic acid groups (broad SMARTS) is 1. The summed E-state index contributed by atoms with van der Waals surface area (Å²) in [5.74, 6) is -0.214. The predicted octanol–water partition coefficient (Wildman–Crippen LogP) is 1.45. The van der Waals surface area contributed by atoms with E-state index in [0.29, 0.717) is 18.4 Å². The molecule has 110 valence electrons. The second-order valence-electron chi connectivity index (χ2n) is 5.16. The average molecular weight is 278 g/mol. The Bertz CT molecular complexity index is 433. The molecule has 1 aromatic carbocycles. The number of benzene rings is 1. The molecule has 1 aliphatic heterocycles. The fourth-order valence-corrected chi connectivity index (χ4v) is 2.44. The van der Waals surface area contributed by atoms with Crippen LogP contribution in [0.2, 0.25) is 0 Å². The highest BCUT2D eigenvalue weighted by Gasteiger charge is 2.19. The highest BCUT2D eigenvalue weighted by Crippen LogP contribution is 2.13. The summed E-state index contributed by atoms with van der Waals surface area (Å²) in [4.78, 5) is 13.1. The lowest BCUT2D eigenvalue weighted by Crippen LogP contribution is -2.36. The van der Waals surface area contributed by atoms with Crippen molar-refractivity contribution in [1.29, 1.82) is 0 Å². The van der Waals surface area contributed by atoms with E-state index in [1.165, 1.54) is 19.4 Å². The van der Waals surface area contributed by atoms with Crippen LogP contribution in [-0.2, 0) is 0 Å². The SMILES string of the molecule is CN1CCCC1CNCCOc1ccc(C(=O)O)cc1. The summed E-state index contributed by atoms with van der Waals surface area (Å²) in [7, 11) is 2.17. The first-order valence-corrected chi connectivity index (χ1v) is 7.04. The fourth-order valence-electron chi connectivity index (χ4n) is 2.44. The number of likely N-dealkylation sites (tertiary alicyclic amines) is 1. The van der Waals surface area contributed by atoms with Gasteiger partial charge in [-0.1, -0.05) is 0 Å². The van der Waals surface area contributed by atoms with E-state index in [4.69, 9.17) is 9.84 Å². The van der Waals surface area contributed by atoms with Gasteiger partial charge in [-0.2, -0.15) is 0 Å². The molecule has 0 saturated carbocycles. The van der Waals surface area contributed by atoms with E-state index >= 15 is 0 Å². The highest BCUT2D eigenvalue weighted by molar-refractivity contribution is 5.87. The molecule has 1 aromatic rings. The third kappa shape index (κ3) is 4.21. The van der Waals surface area contributed by atoms with Crippen LogP contribution in [0.15, 0.2) is 24.3 Å². The zero-order valence-corrected chi connectivity index (χ0v) is 11.8. The van der Waals surface area contributed by atoms with Crippen LogP contribution in [0.5, 0.6) is 5.75 Å². The van der Waals surface area contributed by atoms with E-state index in [-0.39, 0.29) is 5.56 Å². The van der Waals surface area contributed by atoms with Crippen molar-refractivity contribution in [2.75, 3.05) is 33.3 Å². The third-order valence-electron chi connectivity index (χ3n) is 3.70. The van der Waals surface area contributed by atoms with E-state index in [2.05, 4.69) is 17.3 Å². The maximum atomic E-state index is 10.7. The van der Waals surface area contributed by atoms with Gasteiger partial charge in [-0.15, -0.1) is 0 Å². The number of ether oxygens (including phenoxy) is 1. The summed E-state index contributed by atoms with van der Waals surface area (Å²) in [6.45, 7) is 3.57. The Morgan fingerprint density at radius 1 is 1.45 bits per heavy atom. The molecule has 1 saturated heterocycles. The molecular formula is C15H22N2O3. The smallest absolute Gasteiger partial charge is 0.335 e. The molecule has 1 unspecified atom stereocenters. The minimum Gasteiger partial charge on any atom is -0.492 e. The summed E-state index contributed by atoms with van der Waals surface area (Å²) >= 11 is 0. The van der Waals surface area contributed by atoms with Crippen LogP contribution in [0.1, 0.15) is 23.2 Å². The lowest BCUT2D eigenvalue weighted by Gasteiger charge is -2.19. The van der Waals surface area contributed by atoms with Crippen LogP contribution in [0, 0.1) is 0 Å². The van der Waals surface area contributed by atoms with Crippen LogP contribution >= 0.6 is 0 Å². The Labute approximate surface area is 119 Å². The number of nitrogens with one attached hydrogen (secondary N) is 1. The van der Waals surface area contributed by atoms with Gasteiger partial charge in [0, 0.05) is 19.1 Å². The second-order valence-corrected chi connectivity index (χ2v) is 5.16. The normalized spacial score (nSPS) is 19.1. The van der Waals surface area contributed by atoms with Gasteiger partial charge in [0.1, 0.15) is 12.4 Å². The molecule has 5 nitrogen and oxygen atoms in total. The average Bonchev–Trinajstić information content (AvgIpc) is 2.84. The first-order valence-electron chi connectivity index (χ1n) is 7.04. The molecule has 5 heteroatoms. The minimum absolute atomic E-state index is 0.278. The zero-order chi connectivity index (χ0) is 14.4. The van der Waals surface area contributed by atoms with E-state index in [9.17, 15) is 4.79 Å². The first kappa shape index (κ1) is 14.8. The molecular weight excluding hydrogens is 256 g/mol. The number of carboxylic acids is 1. The molecule has 0 aliphatic carbocycles. The van der Waals surface area contributed by atoms with Gasteiger partial charge in [-0.05, 0) is 50.7 Å². The molecule has 0 spiro atoms. The Kier molecular flexibility index (Phi) is 5.38. The standard InChI is InChI=1S/C15H22N2O3/c1-17-9-2-3-13(17)11-16-8-10-20-14-6-4-12(5-7-14)15(18)19/h4-7,13,16H,2-3,8-11H2,1H3,(H,18,19). The molecule has 2 rings (SSSR count). The van der Waals surface area contributed by atoms with Gasteiger partial charge in [-0.25, -0.2) is 4.79 Å². The van der Waals surface area contributed by atoms with Gasteiger partial charge >= 0.3 is 5.97 Å². The molecule has 20 heavy (non-hydrogen) atoms. The lowest BCUT2D eigenvalue weighted by atomic mass is 10.2. The number of nitrogens with zero attached hydrogens (tertiary/aromatic N) is 1. The van der Waals surface area contributed by atoms with E-state index in [1.54, 1.807) is 24.3 Å². The predicted molar refractivity (Wildman–Crippen MR) is 77.4 cm³/mol. The number of hydrogen-bond donors (Lipinski definition) is 2. The molecule has 2 N–H and O–H groups in total. The molecule has 0 aromatic heterocycles. The summed E-state index contributed by atoms with van der Waals surface area (Å²) in [5, 5.41) is 12.2. The number of likely N-dealkylation sites (N-methyl/N-ethyl adjacent to an activating group) is 1. The Balaban J connectivity index is 1.62. The van der Waals surface area contributed by atoms with Gasteiger partial charge in [-0.3, -0.25) is 0 Å². The van der Waals surface area contributed by atoms with Crippen LogP contribution in [-0.4, -0.2) is 55.3 Å². The maximum absolute atomic E-state index is 10.7. The van der Waals surface area contributed by atoms with Crippen molar-refractivity contribution in [2.45, 2.75) is 18.9 Å². The van der Waals surface area contributed by atoms with Crippen molar-refractivity contribution in [3.05, 3.63) is 29.8 Å². The molecule has 0 radical (unpaired) electrons. The van der Waals surface area contributed by atoms with Gasteiger partial charge in [0.25, 0.3) is 0 Å². The molecule has 0 bridgehead atoms. The number of carbonyl (C=O) groups is 1. The summed E-state index contributed by atoms with van der Waals surface area (Å²) < 4.78 is 5.56. The topological polar surface area (TPSA) is 61.8 Å². The van der Waals surface area contributed by atoms with Crippen molar-refractivity contribution in [2.24, 2.45) is 0 Å². The monoisotopic (exact) mass is 278 g/mol. The van der Waals surface area contributed by atoms with Crippen molar-refractivity contribution in [1.82, 2.24) is 10.2 Å². The van der Waals surface area contributed by atoms with Gasteiger partial charge in [0.2, 0.25) is 0 Å². The van der Waals surface area contributed by atoms with Crippen LogP contribution in [0.4, 0.5) is 0 Å². The number of rotatable bonds is 7. The molecule has 1 aliphatic rings. The fraction of sp³-hybridized carbons (Fsp3) is 0.533. The summed E-state index contributed by atoms with van der Waals surface area (Å²) in [5.41, 5.74) is 0.278. The number of aromatic carboxylic acids is 1. The van der Waals surface area contributed by atoms with Gasteiger partial charge in [0.05, 0.1) is 5.56 Å². The van der Waals surface area contributed by atoms with Crippen LogP contribution < -0.4 is 10.1 Å². The van der Waals surface area contributed by atoms with Crippen molar-refractivity contribution in [3.8, 4) is 5.75 Å². The van der Waals surface area contributed by atoms with Crippen molar-refractivity contribution < 1.29 is 14.6 Å². The zero-order valence-electron chi connectivity index (χ0n) is 11.8. The maximum Gasteiger partial charge on any atom is 0.335 e. The Morgan fingerprint density at radius 2 is 2.20 bits per heavy atom. The summed E-state index contributed by atoms with van der Waals surface area (Å²) in [6.07, 6.45) is 2.55. The third-order valence-corrected chi connectivity index (χ3v) is 3.70. The van der Waals surface area contributed by atoms with E-state index in [0.717, 1.165) is 13.1 Å². The first-order chi connectivity index (χ1) is 9.66. The molecule has 1 fully saturated rings. The van der Waals surface area contributed by atoms with Gasteiger partial charge < -0.3 is 20.1 Å². The quantitative estimate of drug-likeness (QED) is 0.739. The Hall–Kier alpha value is -1.59. The number of hydrogen-bond acceptors (Lipinski definition) is 4. The highest BCUT2D eigenvalue weighted by atomic mass is 16.5. The van der Waals surface area contributed by atoms with Crippen molar-refractivity contribution in [3.63, 3.8) is 0 Å². The van der Waals surface area contributed by atoms with Crippen LogP contribution in [0.3, 0.4) is 0 Å². The molecule has 1 atom stereocenters. The largest absolute Gasteiger partial charge is 0.492 e. The Morgan fingerprint density at radius 3 is 2.80 bits per heavy atom. The second kappa shape index (κ2) is 7.26.